The Bertz CT molecular complexity index is 713. The van der Waals surface area contributed by atoms with Gasteiger partial charge in [0.25, 0.3) is 11.8 Å². The number of carbonyl (C=O) groups is 2. The van der Waals surface area contributed by atoms with Gasteiger partial charge in [0.05, 0.1) is 17.8 Å². The summed E-state index contributed by atoms with van der Waals surface area (Å²) in [6, 6.07) is 7.84. The van der Waals surface area contributed by atoms with E-state index in [0.717, 1.165) is 24.0 Å². The van der Waals surface area contributed by atoms with Crippen LogP contribution >= 0.6 is 0 Å². The van der Waals surface area contributed by atoms with Crippen LogP contribution in [0.5, 0.6) is 0 Å². The third kappa shape index (κ3) is 3.54. The largest absolute Gasteiger partial charge is 0.372 e. The minimum absolute atomic E-state index is 0.0260. The van der Waals surface area contributed by atoms with Gasteiger partial charge in [-0.25, -0.2) is 0 Å². The van der Waals surface area contributed by atoms with E-state index in [1.54, 1.807) is 0 Å². The summed E-state index contributed by atoms with van der Waals surface area (Å²) in [7, 11) is 0. The van der Waals surface area contributed by atoms with E-state index in [0.29, 0.717) is 30.9 Å². The molecule has 2 atom stereocenters. The summed E-state index contributed by atoms with van der Waals surface area (Å²) in [6.07, 6.45) is 1.82. The van der Waals surface area contributed by atoms with Crippen molar-refractivity contribution in [1.82, 2.24) is 9.80 Å². The predicted octanol–water partition coefficient (Wildman–Crippen LogP) is 2.98. The van der Waals surface area contributed by atoms with Crippen molar-refractivity contribution in [2.75, 3.05) is 19.6 Å². The Balaban J connectivity index is 2.04. The van der Waals surface area contributed by atoms with Crippen LogP contribution in [0.1, 0.15) is 44.7 Å². The van der Waals surface area contributed by atoms with E-state index in [4.69, 9.17) is 4.74 Å². The molecule has 0 saturated carbocycles. The lowest BCUT2D eigenvalue weighted by Gasteiger charge is -2.37. The van der Waals surface area contributed by atoms with Crippen molar-refractivity contribution in [2.24, 2.45) is 0 Å². The molecule has 5 nitrogen and oxygen atoms in total. The summed E-state index contributed by atoms with van der Waals surface area (Å²) in [4.78, 5) is 29.7. The maximum Gasteiger partial charge on any atom is 0.277 e. The number of amides is 2. The van der Waals surface area contributed by atoms with Crippen LogP contribution in [0.25, 0.3) is 5.57 Å². The standard InChI is InChI=1S/C21H28N2O3/c1-5-6-11-23-20(24)18(17-9-7-14(2)8-10-17)19(21(23)25)22-12-15(3)26-16(4)13-22/h7-10,15-16H,5-6,11-13H2,1-4H3. The van der Waals surface area contributed by atoms with E-state index in [1.165, 1.54) is 4.90 Å². The second kappa shape index (κ2) is 7.62. The van der Waals surface area contributed by atoms with Crippen molar-refractivity contribution < 1.29 is 14.3 Å². The highest BCUT2D eigenvalue weighted by Gasteiger charge is 2.42. The molecule has 1 saturated heterocycles. The molecule has 0 spiro atoms. The van der Waals surface area contributed by atoms with Crippen molar-refractivity contribution in [3.8, 4) is 0 Å². The molecule has 2 aliphatic heterocycles. The Morgan fingerprint density at radius 2 is 1.65 bits per heavy atom. The first-order valence-electron chi connectivity index (χ1n) is 9.50. The van der Waals surface area contributed by atoms with Gasteiger partial charge in [-0.2, -0.15) is 0 Å². The maximum atomic E-state index is 13.1. The van der Waals surface area contributed by atoms with Crippen LogP contribution in [0.3, 0.4) is 0 Å². The Labute approximate surface area is 155 Å². The van der Waals surface area contributed by atoms with E-state index < -0.39 is 0 Å². The highest BCUT2D eigenvalue weighted by Crippen LogP contribution is 2.33. The first kappa shape index (κ1) is 18.6. The van der Waals surface area contributed by atoms with Gasteiger partial charge in [0.2, 0.25) is 0 Å². The van der Waals surface area contributed by atoms with Crippen molar-refractivity contribution in [3.05, 3.63) is 41.1 Å². The molecule has 0 radical (unpaired) electrons. The highest BCUT2D eigenvalue weighted by atomic mass is 16.5. The zero-order valence-electron chi connectivity index (χ0n) is 16.1. The lowest BCUT2D eigenvalue weighted by Crippen LogP contribution is -2.47. The minimum Gasteiger partial charge on any atom is -0.372 e. The van der Waals surface area contributed by atoms with E-state index >= 15 is 0 Å². The molecule has 5 heteroatoms. The summed E-state index contributed by atoms with van der Waals surface area (Å²) in [6.45, 7) is 9.80. The number of aryl methyl sites for hydroxylation is 1. The fourth-order valence-electron chi connectivity index (χ4n) is 3.72. The fraction of sp³-hybridized carbons (Fsp3) is 0.524. The van der Waals surface area contributed by atoms with E-state index in [2.05, 4.69) is 6.92 Å². The number of hydrogen-bond acceptors (Lipinski definition) is 4. The van der Waals surface area contributed by atoms with Crippen LogP contribution in [-0.4, -0.2) is 53.5 Å². The van der Waals surface area contributed by atoms with Gasteiger partial charge in [0.1, 0.15) is 5.70 Å². The number of benzene rings is 1. The minimum atomic E-state index is -0.172. The molecule has 1 aromatic rings. The number of hydrogen-bond donors (Lipinski definition) is 0. The van der Waals surface area contributed by atoms with Gasteiger partial charge < -0.3 is 9.64 Å². The van der Waals surface area contributed by atoms with Crippen LogP contribution in [0, 0.1) is 6.92 Å². The van der Waals surface area contributed by atoms with Gasteiger partial charge in [-0.1, -0.05) is 43.2 Å². The predicted molar refractivity (Wildman–Crippen MR) is 101 cm³/mol. The average Bonchev–Trinajstić information content (AvgIpc) is 2.83. The van der Waals surface area contributed by atoms with Gasteiger partial charge in [-0.15, -0.1) is 0 Å². The van der Waals surface area contributed by atoms with E-state index in [9.17, 15) is 9.59 Å². The third-order valence-corrected chi connectivity index (χ3v) is 4.95. The summed E-state index contributed by atoms with van der Waals surface area (Å²) in [5.41, 5.74) is 3.02. The quantitative estimate of drug-likeness (QED) is 0.761. The van der Waals surface area contributed by atoms with E-state index in [1.807, 2.05) is 49.9 Å². The normalized spacial score (nSPS) is 24.0. The van der Waals surface area contributed by atoms with Crippen LogP contribution < -0.4 is 0 Å². The van der Waals surface area contributed by atoms with E-state index in [-0.39, 0.29) is 24.0 Å². The Morgan fingerprint density at radius 1 is 1.04 bits per heavy atom. The number of rotatable bonds is 5. The second-order valence-electron chi connectivity index (χ2n) is 7.37. The molecular weight excluding hydrogens is 328 g/mol. The number of unbranched alkanes of at least 4 members (excludes halogenated alkanes) is 1. The molecule has 2 aliphatic rings. The highest BCUT2D eigenvalue weighted by molar-refractivity contribution is 6.35. The summed E-state index contributed by atoms with van der Waals surface area (Å²) >= 11 is 0. The molecular formula is C21H28N2O3. The van der Waals surface area contributed by atoms with Gasteiger partial charge in [0.15, 0.2) is 0 Å². The lowest BCUT2D eigenvalue weighted by atomic mass is 10.0. The number of imide groups is 1. The molecule has 0 bridgehead atoms. The van der Waals surface area contributed by atoms with Crippen molar-refractivity contribution >= 4 is 17.4 Å². The van der Waals surface area contributed by atoms with Crippen molar-refractivity contribution in [3.63, 3.8) is 0 Å². The smallest absolute Gasteiger partial charge is 0.277 e. The summed E-state index contributed by atoms with van der Waals surface area (Å²) in [5.74, 6) is -0.338. The van der Waals surface area contributed by atoms with Gasteiger partial charge >= 0.3 is 0 Å². The molecule has 0 aromatic heterocycles. The van der Waals surface area contributed by atoms with Crippen molar-refractivity contribution in [1.29, 1.82) is 0 Å². The van der Waals surface area contributed by atoms with Crippen LogP contribution in [0.15, 0.2) is 30.0 Å². The third-order valence-electron chi connectivity index (χ3n) is 4.95. The number of ether oxygens (including phenoxy) is 1. The second-order valence-corrected chi connectivity index (χ2v) is 7.37. The molecule has 2 unspecified atom stereocenters. The Morgan fingerprint density at radius 3 is 2.23 bits per heavy atom. The molecule has 0 aliphatic carbocycles. The Hall–Kier alpha value is -2.14. The number of nitrogens with zero attached hydrogens (tertiary/aromatic N) is 2. The molecule has 2 heterocycles. The zero-order valence-corrected chi connectivity index (χ0v) is 16.1. The monoisotopic (exact) mass is 356 g/mol. The average molecular weight is 356 g/mol. The molecule has 3 rings (SSSR count). The van der Waals surface area contributed by atoms with Crippen LogP contribution in [-0.2, 0) is 14.3 Å². The van der Waals surface area contributed by atoms with Gasteiger partial charge in [0, 0.05) is 19.6 Å². The molecule has 26 heavy (non-hydrogen) atoms. The lowest BCUT2D eigenvalue weighted by molar-refractivity contribution is -0.138. The number of morpholine rings is 1. The molecule has 140 valence electrons. The fourth-order valence-corrected chi connectivity index (χ4v) is 3.72. The topological polar surface area (TPSA) is 49.9 Å². The van der Waals surface area contributed by atoms with Crippen LogP contribution in [0.4, 0.5) is 0 Å². The summed E-state index contributed by atoms with van der Waals surface area (Å²) < 4.78 is 5.81. The number of carbonyl (C=O) groups excluding carboxylic acids is 2. The SMILES string of the molecule is CCCCN1C(=O)C(c2ccc(C)cc2)=C(N2CC(C)OC(C)C2)C1=O. The maximum absolute atomic E-state index is 13.1. The van der Waals surface area contributed by atoms with Crippen molar-refractivity contribution in [2.45, 2.75) is 52.7 Å². The van der Waals surface area contributed by atoms with Crippen LogP contribution in [0.2, 0.25) is 0 Å². The Kier molecular flexibility index (Phi) is 5.47. The zero-order chi connectivity index (χ0) is 18.8. The van der Waals surface area contributed by atoms with Gasteiger partial charge in [-0.3, -0.25) is 14.5 Å². The molecule has 0 N–H and O–H groups in total. The first-order valence-corrected chi connectivity index (χ1v) is 9.50. The first-order chi connectivity index (χ1) is 12.4. The molecule has 2 amide bonds. The van der Waals surface area contributed by atoms with Gasteiger partial charge in [-0.05, 0) is 32.8 Å². The summed E-state index contributed by atoms with van der Waals surface area (Å²) in [5, 5.41) is 0. The molecule has 1 fully saturated rings. The molecule has 1 aromatic carbocycles.